The molecule has 18 heavy (non-hydrogen) atoms. The minimum absolute atomic E-state index is 0.567. The van der Waals surface area contributed by atoms with Crippen LogP contribution in [-0.2, 0) is 0 Å². The van der Waals surface area contributed by atoms with E-state index in [1.807, 2.05) is 0 Å². The summed E-state index contributed by atoms with van der Waals surface area (Å²) in [5.74, 6) is 3.76. The average Bonchev–Trinajstić information content (AvgIpc) is 2.38. The lowest BCUT2D eigenvalue weighted by atomic mass is 9.60. The van der Waals surface area contributed by atoms with Gasteiger partial charge in [0.1, 0.15) is 0 Å². The smallest absolute Gasteiger partial charge is 0.00461 e. The van der Waals surface area contributed by atoms with Gasteiger partial charge in [0.25, 0.3) is 0 Å². The predicted molar refractivity (Wildman–Crippen MR) is 79.4 cm³/mol. The second kappa shape index (κ2) is 5.94. The van der Waals surface area contributed by atoms with Crippen LogP contribution in [0, 0.1) is 29.1 Å². The van der Waals surface area contributed by atoms with E-state index in [1.165, 1.54) is 51.4 Å². The van der Waals surface area contributed by atoms with Gasteiger partial charge < -0.3 is 5.73 Å². The fourth-order valence-electron chi connectivity index (χ4n) is 4.57. The molecule has 2 unspecified atom stereocenters. The van der Waals surface area contributed by atoms with Crippen LogP contribution in [0.5, 0.6) is 0 Å². The molecule has 2 saturated carbocycles. The third-order valence-corrected chi connectivity index (χ3v) is 5.96. The molecule has 2 atom stereocenters. The molecule has 0 aliphatic heterocycles. The van der Waals surface area contributed by atoms with Gasteiger partial charge in [0.05, 0.1) is 0 Å². The molecule has 0 heterocycles. The van der Waals surface area contributed by atoms with Gasteiger partial charge in [0, 0.05) is 0 Å². The zero-order chi connectivity index (χ0) is 13.2. The second-order valence-electron chi connectivity index (χ2n) is 7.76. The summed E-state index contributed by atoms with van der Waals surface area (Å²) in [5, 5.41) is 0. The highest BCUT2D eigenvalue weighted by atomic mass is 14.6. The van der Waals surface area contributed by atoms with Gasteiger partial charge in [-0.15, -0.1) is 0 Å². The highest BCUT2D eigenvalue weighted by Crippen LogP contribution is 2.48. The van der Waals surface area contributed by atoms with Gasteiger partial charge in [-0.25, -0.2) is 0 Å². The molecule has 106 valence electrons. The lowest BCUT2D eigenvalue weighted by molar-refractivity contribution is 0.0537. The molecule has 0 aromatic heterocycles. The Morgan fingerprint density at radius 2 is 1.72 bits per heavy atom. The molecular weight excluding hydrogens is 218 g/mol. The topological polar surface area (TPSA) is 26.0 Å². The van der Waals surface area contributed by atoms with E-state index >= 15 is 0 Å². The van der Waals surface area contributed by atoms with Crippen LogP contribution in [-0.4, -0.2) is 6.54 Å². The van der Waals surface area contributed by atoms with Crippen molar-refractivity contribution < 1.29 is 0 Å². The van der Waals surface area contributed by atoms with Gasteiger partial charge in [-0.3, -0.25) is 0 Å². The van der Waals surface area contributed by atoms with E-state index in [2.05, 4.69) is 20.8 Å². The highest BCUT2D eigenvalue weighted by Gasteiger charge is 2.39. The number of hydrogen-bond donors (Lipinski definition) is 1. The van der Waals surface area contributed by atoms with Crippen LogP contribution in [0.2, 0.25) is 0 Å². The molecule has 1 nitrogen and oxygen atoms in total. The summed E-state index contributed by atoms with van der Waals surface area (Å²) in [7, 11) is 0. The zero-order valence-corrected chi connectivity index (χ0v) is 12.8. The monoisotopic (exact) mass is 251 g/mol. The fraction of sp³-hybridized carbons (Fsp3) is 1.00. The van der Waals surface area contributed by atoms with Crippen molar-refractivity contribution in [2.24, 2.45) is 34.8 Å². The number of rotatable bonds is 3. The molecule has 2 fully saturated rings. The van der Waals surface area contributed by atoms with Crippen LogP contribution >= 0.6 is 0 Å². The van der Waals surface area contributed by atoms with Crippen LogP contribution in [0.4, 0.5) is 0 Å². The first kappa shape index (κ1) is 14.4. The highest BCUT2D eigenvalue weighted by molar-refractivity contribution is 4.90. The van der Waals surface area contributed by atoms with E-state index in [0.717, 1.165) is 30.2 Å². The Bertz CT molecular complexity index is 250. The van der Waals surface area contributed by atoms with E-state index in [9.17, 15) is 0 Å². The largest absolute Gasteiger partial charge is 0.330 e. The molecule has 0 saturated heterocycles. The van der Waals surface area contributed by atoms with E-state index in [4.69, 9.17) is 5.73 Å². The van der Waals surface area contributed by atoms with E-state index in [0.29, 0.717) is 5.41 Å². The first-order chi connectivity index (χ1) is 8.55. The Hall–Kier alpha value is -0.0400. The summed E-state index contributed by atoms with van der Waals surface area (Å²) in [5.41, 5.74) is 6.61. The maximum absolute atomic E-state index is 6.04. The standard InChI is InChI=1S/C17H33N/c1-4-13-5-7-14(8-6-13)16-11-17(2,3)10-9-15(16)12-18/h13-16H,4-12,18H2,1-3H3. The quantitative estimate of drug-likeness (QED) is 0.779. The van der Waals surface area contributed by atoms with Crippen molar-refractivity contribution in [3.8, 4) is 0 Å². The summed E-state index contributed by atoms with van der Waals surface area (Å²) in [6, 6.07) is 0. The fourth-order valence-corrected chi connectivity index (χ4v) is 4.57. The van der Waals surface area contributed by atoms with Crippen molar-refractivity contribution in [3.63, 3.8) is 0 Å². The first-order valence-electron chi connectivity index (χ1n) is 8.26. The van der Waals surface area contributed by atoms with Crippen LogP contribution < -0.4 is 5.73 Å². The molecule has 0 amide bonds. The van der Waals surface area contributed by atoms with Crippen molar-refractivity contribution in [3.05, 3.63) is 0 Å². The van der Waals surface area contributed by atoms with Gasteiger partial charge in [0.15, 0.2) is 0 Å². The summed E-state index contributed by atoms with van der Waals surface area (Å²) in [6.45, 7) is 8.21. The molecule has 2 rings (SSSR count). The maximum atomic E-state index is 6.04. The van der Waals surface area contributed by atoms with Gasteiger partial charge in [0.2, 0.25) is 0 Å². The third kappa shape index (κ3) is 3.29. The Labute approximate surface area is 114 Å². The molecule has 0 spiro atoms. The Kier molecular flexibility index (Phi) is 4.75. The molecule has 2 aliphatic rings. The molecule has 0 bridgehead atoms. The van der Waals surface area contributed by atoms with Gasteiger partial charge in [-0.1, -0.05) is 40.0 Å². The summed E-state index contributed by atoms with van der Waals surface area (Å²) in [6.07, 6.45) is 11.5. The summed E-state index contributed by atoms with van der Waals surface area (Å²) in [4.78, 5) is 0. The Morgan fingerprint density at radius 3 is 2.28 bits per heavy atom. The second-order valence-corrected chi connectivity index (χ2v) is 7.76. The maximum Gasteiger partial charge on any atom is -0.00461 e. The van der Waals surface area contributed by atoms with E-state index < -0.39 is 0 Å². The van der Waals surface area contributed by atoms with Crippen molar-refractivity contribution >= 4 is 0 Å². The molecule has 1 heteroatoms. The van der Waals surface area contributed by atoms with Gasteiger partial charge in [-0.2, -0.15) is 0 Å². The van der Waals surface area contributed by atoms with Gasteiger partial charge >= 0.3 is 0 Å². The Morgan fingerprint density at radius 1 is 1.06 bits per heavy atom. The molecule has 0 aromatic carbocycles. The van der Waals surface area contributed by atoms with Crippen LogP contribution in [0.15, 0.2) is 0 Å². The van der Waals surface area contributed by atoms with Gasteiger partial charge in [-0.05, 0) is 67.7 Å². The molecular formula is C17H33N. The number of nitrogens with two attached hydrogens (primary N) is 1. The molecule has 0 radical (unpaired) electrons. The van der Waals surface area contributed by atoms with Crippen LogP contribution in [0.25, 0.3) is 0 Å². The van der Waals surface area contributed by atoms with E-state index in [-0.39, 0.29) is 0 Å². The molecule has 2 N–H and O–H groups in total. The predicted octanol–water partition coefficient (Wildman–Crippen LogP) is 4.60. The van der Waals surface area contributed by atoms with E-state index in [1.54, 1.807) is 0 Å². The number of hydrogen-bond acceptors (Lipinski definition) is 1. The van der Waals surface area contributed by atoms with Crippen molar-refractivity contribution in [2.45, 2.75) is 72.1 Å². The van der Waals surface area contributed by atoms with Crippen LogP contribution in [0.3, 0.4) is 0 Å². The lowest BCUT2D eigenvalue weighted by Crippen LogP contribution is -2.39. The minimum atomic E-state index is 0.567. The van der Waals surface area contributed by atoms with Crippen molar-refractivity contribution in [1.82, 2.24) is 0 Å². The van der Waals surface area contributed by atoms with Crippen molar-refractivity contribution in [1.29, 1.82) is 0 Å². The SMILES string of the molecule is CCC1CCC(C2CC(C)(C)CCC2CN)CC1. The van der Waals surface area contributed by atoms with Crippen molar-refractivity contribution in [2.75, 3.05) is 6.54 Å². The lowest BCUT2D eigenvalue weighted by Gasteiger charge is -2.46. The summed E-state index contributed by atoms with van der Waals surface area (Å²) >= 11 is 0. The third-order valence-electron chi connectivity index (χ3n) is 5.96. The average molecular weight is 251 g/mol. The zero-order valence-electron chi connectivity index (χ0n) is 12.8. The van der Waals surface area contributed by atoms with Crippen LogP contribution in [0.1, 0.15) is 72.1 Å². The first-order valence-corrected chi connectivity index (χ1v) is 8.26. The normalized spacial score (nSPS) is 40.7. The molecule has 2 aliphatic carbocycles. The minimum Gasteiger partial charge on any atom is -0.330 e. The summed E-state index contributed by atoms with van der Waals surface area (Å²) < 4.78 is 0. The molecule has 0 aromatic rings. The Balaban J connectivity index is 1.96.